The molecular weight excluding hydrogens is 571 g/mol. The molecule has 0 spiro atoms. The number of hydrogen-bond donors (Lipinski definition) is 1. The van der Waals surface area contributed by atoms with Gasteiger partial charge in [-0.2, -0.15) is 27.2 Å². The van der Waals surface area contributed by atoms with Crippen LogP contribution in [0.2, 0.25) is 0 Å². The number of amides is 1. The molecule has 1 N–H and O–H groups in total. The fourth-order valence-corrected chi connectivity index (χ4v) is 6.09. The molecule has 1 heterocycles. The van der Waals surface area contributed by atoms with Crippen LogP contribution in [0.4, 0.5) is 22.0 Å². The third-order valence-corrected chi connectivity index (χ3v) is 9.11. The van der Waals surface area contributed by atoms with Crippen molar-refractivity contribution in [3.05, 3.63) is 41.0 Å². The van der Waals surface area contributed by atoms with Gasteiger partial charge in [-0.05, 0) is 55.7 Å². The van der Waals surface area contributed by atoms with E-state index in [-0.39, 0.29) is 47.3 Å². The molecule has 41 heavy (non-hydrogen) atoms. The normalized spacial score (nSPS) is 18.3. The van der Waals surface area contributed by atoms with Crippen LogP contribution >= 0.6 is 0 Å². The summed E-state index contributed by atoms with van der Waals surface area (Å²) in [6.07, 6.45) is -1.48. The van der Waals surface area contributed by atoms with Crippen LogP contribution in [0.3, 0.4) is 0 Å². The first-order valence-corrected chi connectivity index (χ1v) is 15.1. The van der Waals surface area contributed by atoms with Crippen LogP contribution in [0.5, 0.6) is 5.75 Å². The molecule has 14 heteroatoms. The molecule has 1 aliphatic carbocycles. The van der Waals surface area contributed by atoms with Crippen molar-refractivity contribution in [3.8, 4) is 17.5 Å². The number of alkyl halides is 5. The van der Waals surface area contributed by atoms with E-state index in [0.29, 0.717) is 25.7 Å². The predicted molar refractivity (Wildman–Crippen MR) is 141 cm³/mol. The molecule has 1 aromatic carbocycles. The summed E-state index contributed by atoms with van der Waals surface area (Å²) < 4.78 is 96.4. The molecule has 3 rings (SSSR count). The van der Waals surface area contributed by atoms with E-state index in [2.05, 4.69) is 15.0 Å². The zero-order chi connectivity index (χ0) is 30.8. The molecule has 226 valence electrons. The molecule has 1 aliphatic rings. The lowest BCUT2D eigenvalue weighted by molar-refractivity contribution is -0.211. The smallest absolute Gasteiger partial charge is 0.394 e. The maximum atomic E-state index is 13.4. The molecule has 0 saturated heterocycles. The summed E-state index contributed by atoms with van der Waals surface area (Å²) in [6.45, 7) is 0.596. The standard InChI is InChI=1S/C27H33F5N4O4S/c1-5-22-35-23(24(37)34-15-16-6-9-18(10-7-16)41(4,38)39)20(14-33)36(22)19-11-8-17(12-21(19)40-25(28)29)13-26(2,3)27(30,31)32/h8,11-12,16,18,25H,5-7,9-10,13,15H2,1-4H3,(H,34,37)/t16-,18-. The van der Waals surface area contributed by atoms with Gasteiger partial charge in [0.1, 0.15) is 27.5 Å². The summed E-state index contributed by atoms with van der Waals surface area (Å²) in [6, 6.07) is 5.56. The van der Waals surface area contributed by atoms with Gasteiger partial charge in [0.15, 0.2) is 11.4 Å². The van der Waals surface area contributed by atoms with Gasteiger partial charge in [0, 0.05) is 19.2 Å². The van der Waals surface area contributed by atoms with Gasteiger partial charge >= 0.3 is 12.8 Å². The average Bonchev–Trinajstić information content (AvgIpc) is 3.24. The van der Waals surface area contributed by atoms with Crippen LogP contribution in [0.25, 0.3) is 5.69 Å². The molecule has 8 nitrogen and oxygen atoms in total. The zero-order valence-electron chi connectivity index (χ0n) is 23.2. The van der Waals surface area contributed by atoms with Gasteiger partial charge in [-0.25, -0.2) is 13.4 Å². The Morgan fingerprint density at radius 2 is 1.85 bits per heavy atom. The second-order valence-electron chi connectivity index (χ2n) is 10.9. The van der Waals surface area contributed by atoms with E-state index >= 15 is 0 Å². The van der Waals surface area contributed by atoms with Crippen molar-refractivity contribution in [3.63, 3.8) is 0 Å². The molecule has 1 saturated carbocycles. The third kappa shape index (κ3) is 7.55. The molecule has 1 amide bonds. The number of aryl methyl sites for hydroxylation is 1. The van der Waals surface area contributed by atoms with E-state index in [1.54, 1.807) is 6.92 Å². The number of aromatic nitrogens is 2. The minimum absolute atomic E-state index is 0.0368. The van der Waals surface area contributed by atoms with Gasteiger partial charge in [0.2, 0.25) is 0 Å². The van der Waals surface area contributed by atoms with Crippen molar-refractivity contribution in [2.75, 3.05) is 12.8 Å². The van der Waals surface area contributed by atoms with Crippen molar-refractivity contribution in [2.24, 2.45) is 11.3 Å². The van der Waals surface area contributed by atoms with Crippen LogP contribution in [-0.2, 0) is 22.7 Å². The number of sulfone groups is 1. The second-order valence-corrected chi connectivity index (χ2v) is 13.3. The lowest BCUT2D eigenvalue weighted by atomic mass is 9.85. The Morgan fingerprint density at radius 1 is 1.22 bits per heavy atom. The van der Waals surface area contributed by atoms with E-state index in [0.717, 1.165) is 19.9 Å². The van der Waals surface area contributed by atoms with E-state index in [1.165, 1.54) is 23.0 Å². The highest BCUT2D eigenvalue weighted by atomic mass is 32.2. The minimum Gasteiger partial charge on any atom is -0.433 e. The zero-order valence-corrected chi connectivity index (χ0v) is 24.0. The molecule has 0 unspecified atom stereocenters. The van der Waals surface area contributed by atoms with Crippen molar-refractivity contribution >= 4 is 15.7 Å². The number of nitrogens with one attached hydrogen (secondary N) is 1. The first-order valence-electron chi connectivity index (χ1n) is 13.1. The number of carbonyl (C=O) groups excluding carboxylic acids is 1. The van der Waals surface area contributed by atoms with Crippen molar-refractivity contribution in [2.45, 2.75) is 77.3 Å². The number of nitriles is 1. The summed E-state index contributed by atoms with van der Waals surface area (Å²) in [4.78, 5) is 17.4. The Labute approximate surface area is 235 Å². The molecule has 0 bridgehead atoms. The highest BCUT2D eigenvalue weighted by Crippen LogP contribution is 2.41. The van der Waals surface area contributed by atoms with E-state index in [9.17, 15) is 40.4 Å². The van der Waals surface area contributed by atoms with Gasteiger partial charge in [-0.15, -0.1) is 0 Å². The average molecular weight is 605 g/mol. The first kappa shape index (κ1) is 32.3. The van der Waals surface area contributed by atoms with Crippen LogP contribution in [0.15, 0.2) is 18.2 Å². The quantitative estimate of drug-likeness (QED) is 0.365. The van der Waals surface area contributed by atoms with Gasteiger partial charge in [0.25, 0.3) is 5.91 Å². The summed E-state index contributed by atoms with van der Waals surface area (Å²) >= 11 is 0. The number of carbonyl (C=O) groups is 1. The number of nitrogens with zero attached hydrogens (tertiary/aromatic N) is 3. The van der Waals surface area contributed by atoms with Gasteiger partial charge in [0.05, 0.1) is 16.4 Å². The third-order valence-electron chi connectivity index (χ3n) is 7.43. The first-order chi connectivity index (χ1) is 19.0. The highest BCUT2D eigenvalue weighted by Gasteiger charge is 2.47. The Kier molecular flexibility index (Phi) is 9.73. The fraction of sp³-hybridized carbons (Fsp3) is 0.593. The number of halogens is 5. The van der Waals surface area contributed by atoms with Gasteiger partial charge in [-0.3, -0.25) is 9.36 Å². The van der Waals surface area contributed by atoms with E-state index < -0.39 is 51.4 Å². The van der Waals surface area contributed by atoms with E-state index in [4.69, 9.17) is 0 Å². The van der Waals surface area contributed by atoms with Crippen LogP contribution in [0.1, 0.15) is 74.0 Å². The van der Waals surface area contributed by atoms with Crippen LogP contribution in [0, 0.1) is 22.7 Å². The highest BCUT2D eigenvalue weighted by molar-refractivity contribution is 7.91. The Bertz CT molecular complexity index is 1410. The summed E-state index contributed by atoms with van der Waals surface area (Å²) in [5, 5.41) is 12.3. The number of rotatable bonds is 10. The SMILES string of the molecule is CCc1nc(C(=O)NC[C@H]2CC[C@H](S(C)(=O)=O)CC2)c(C#N)n1-c1ccc(CC(C)(C)C(F)(F)F)cc1OC(F)F. The molecule has 0 atom stereocenters. The summed E-state index contributed by atoms with van der Waals surface area (Å²) in [5.74, 6) is -0.911. The van der Waals surface area contributed by atoms with Crippen molar-refractivity contribution < 1.29 is 39.9 Å². The largest absolute Gasteiger partial charge is 0.433 e. The molecule has 0 aliphatic heterocycles. The van der Waals surface area contributed by atoms with Crippen molar-refractivity contribution in [1.29, 1.82) is 5.26 Å². The monoisotopic (exact) mass is 604 g/mol. The molecule has 0 radical (unpaired) electrons. The molecule has 1 aromatic heterocycles. The van der Waals surface area contributed by atoms with Crippen LogP contribution in [-0.4, -0.2) is 54.7 Å². The van der Waals surface area contributed by atoms with Gasteiger partial charge < -0.3 is 10.1 Å². The van der Waals surface area contributed by atoms with Crippen molar-refractivity contribution in [1.82, 2.24) is 14.9 Å². The fourth-order valence-electron chi connectivity index (χ4n) is 4.96. The van der Waals surface area contributed by atoms with Gasteiger partial charge in [-0.1, -0.05) is 26.8 Å². The number of imidazole rings is 1. The lowest BCUT2D eigenvalue weighted by Crippen LogP contribution is -2.34. The Morgan fingerprint density at radius 3 is 2.37 bits per heavy atom. The van der Waals surface area contributed by atoms with Crippen LogP contribution < -0.4 is 10.1 Å². The number of hydrogen-bond acceptors (Lipinski definition) is 6. The predicted octanol–water partition coefficient (Wildman–Crippen LogP) is 5.37. The number of benzene rings is 1. The van der Waals surface area contributed by atoms with E-state index in [1.807, 2.05) is 6.07 Å². The number of ether oxygens (including phenoxy) is 1. The molecular formula is C27H33F5N4O4S. The lowest BCUT2D eigenvalue weighted by Gasteiger charge is -2.28. The molecule has 2 aromatic rings. The summed E-state index contributed by atoms with van der Waals surface area (Å²) in [5.41, 5.74) is -2.61. The topological polar surface area (TPSA) is 114 Å². The maximum Gasteiger partial charge on any atom is 0.394 e. The molecule has 1 fully saturated rings. The maximum absolute atomic E-state index is 13.4. The Balaban J connectivity index is 1.91. The minimum atomic E-state index is -4.54. The second kappa shape index (κ2) is 12.3. The Hall–Kier alpha value is -3.21. The summed E-state index contributed by atoms with van der Waals surface area (Å²) in [7, 11) is -3.14.